The first-order chi connectivity index (χ1) is 13.1. The number of alkyl halides is 3. The molecular formula is C16H16F3N7OS. The number of carbonyl (C=O) groups is 1. The molecule has 8 nitrogen and oxygen atoms in total. The molecule has 2 heterocycles. The van der Waals surface area contributed by atoms with Gasteiger partial charge in [0.2, 0.25) is 11.1 Å². The summed E-state index contributed by atoms with van der Waals surface area (Å²) in [6, 6.07) is 6.26. The van der Waals surface area contributed by atoms with E-state index in [-0.39, 0.29) is 22.5 Å². The van der Waals surface area contributed by atoms with Crippen LogP contribution in [0.2, 0.25) is 0 Å². The number of hydrogen-bond acceptors (Lipinski definition) is 6. The zero-order valence-corrected chi connectivity index (χ0v) is 15.7. The first-order valence-electron chi connectivity index (χ1n) is 7.99. The van der Waals surface area contributed by atoms with E-state index in [1.54, 1.807) is 0 Å². The molecule has 3 N–H and O–H groups in total. The van der Waals surface area contributed by atoms with E-state index in [2.05, 4.69) is 20.6 Å². The van der Waals surface area contributed by atoms with Crippen molar-refractivity contribution in [2.75, 3.05) is 16.9 Å². The van der Waals surface area contributed by atoms with Gasteiger partial charge in [-0.15, -0.1) is 10.2 Å². The van der Waals surface area contributed by atoms with Crippen LogP contribution in [0.1, 0.15) is 17.0 Å². The lowest BCUT2D eigenvalue weighted by Crippen LogP contribution is -2.19. The third kappa shape index (κ3) is 4.27. The van der Waals surface area contributed by atoms with Gasteiger partial charge in [0.25, 0.3) is 5.95 Å². The molecule has 0 saturated carbocycles. The number of amides is 1. The third-order valence-corrected chi connectivity index (χ3v) is 4.59. The molecule has 0 aliphatic heterocycles. The quantitative estimate of drug-likeness (QED) is 0.494. The molecule has 28 heavy (non-hydrogen) atoms. The number of nitrogens with two attached hydrogens (primary N) is 1. The topological polar surface area (TPSA) is 104 Å². The largest absolute Gasteiger partial charge is 0.416 e. The van der Waals surface area contributed by atoms with Crippen LogP contribution in [0.3, 0.4) is 0 Å². The fraction of sp³-hybridized carbons (Fsp3) is 0.250. The van der Waals surface area contributed by atoms with Crippen LogP contribution in [0.4, 0.5) is 18.9 Å². The molecule has 148 valence electrons. The first-order valence-corrected chi connectivity index (χ1v) is 8.98. The van der Waals surface area contributed by atoms with Gasteiger partial charge in [0, 0.05) is 11.4 Å². The van der Waals surface area contributed by atoms with Gasteiger partial charge >= 0.3 is 6.18 Å². The van der Waals surface area contributed by atoms with Crippen LogP contribution in [0.15, 0.2) is 35.5 Å². The Kier molecular flexibility index (Phi) is 5.31. The molecule has 0 fully saturated rings. The summed E-state index contributed by atoms with van der Waals surface area (Å²) in [6.07, 6.45) is -4.48. The van der Waals surface area contributed by atoms with Gasteiger partial charge in [-0.1, -0.05) is 17.8 Å². The smallest absolute Gasteiger partial charge is 0.334 e. The number of aromatic nitrogens is 5. The fourth-order valence-corrected chi connectivity index (χ4v) is 3.10. The highest BCUT2D eigenvalue weighted by atomic mass is 32.2. The molecule has 0 unspecified atom stereocenters. The summed E-state index contributed by atoms with van der Waals surface area (Å²) in [7, 11) is 0. The molecule has 1 amide bonds. The van der Waals surface area contributed by atoms with Crippen molar-refractivity contribution >= 4 is 23.4 Å². The Morgan fingerprint density at radius 1 is 1.25 bits per heavy atom. The monoisotopic (exact) mass is 411 g/mol. The Morgan fingerprint density at radius 2 is 2.00 bits per heavy atom. The van der Waals surface area contributed by atoms with Crippen LogP contribution in [-0.4, -0.2) is 36.3 Å². The van der Waals surface area contributed by atoms with Crippen molar-refractivity contribution in [1.82, 2.24) is 24.7 Å². The lowest BCUT2D eigenvalue weighted by atomic mass is 10.2. The van der Waals surface area contributed by atoms with E-state index < -0.39 is 17.6 Å². The van der Waals surface area contributed by atoms with Crippen LogP contribution in [0, 0.1) is 13.8 Å². The molecule has 0 saturated heterocycles. The summed E-state index contributed by atoms with van der Waals surface area (Å²) in [4.78, 5) is 12.1. The van der Waals surface area contributed by atoms with Gasteiger partial charge in [0.1, 0.15) is 0 Å². The number of benzene rings is 1. The maximum Gasteiger partial charge on any atom is 0.416 e. The SMILES string of the molecule is Cc1cc(C)n(-c2nnc(SCC(=O)Nc3cccc(C(F)(F)F)c3)n2N)n1. The minimum atomic E-state index is -4.48. The van der Waals surface area contributed by atoms with E-state index in [9.17, 15) is 18.0 Å². The summed E-state index contributed by atoms with van der Waals surface area (Å²) in [5.74, 6) is 5.65. The van der Waals surface area contributed by atoms with Crippen LogP contribution in [-0.2, 0) is 11.0 Å². The van der Waals surface area contributed by atoms with Crippen LogP contribution in [0.25, 0.3) is 5.95 Å². The molecular weight excluding hydrogens is 395 g/mol. The second-order valence-electron chi connectivity index (χ2n) is 5.91. The van der Waals surface area contributed by atoms with Crippen LogP contribution in [0.5, 0.6) is 0 Å². The van der Waals surface area contributed by atoms with Gasteiger partial charge in [0.15, 0.2) is 0 Å². The lowest BCUT2D eigenvalue weighted by Gasteiger charge is -2.09. The molecule has 0 atom stereocenters. The van der Waals surface area contributed by atoms with Crippen molar-refractivity contribution < 1.29 is 18.0 Å². The average Bonchev–Trinajstić information content (AvgIpc) is 3.14. The molecule has 3 rings (SSSR count). The number of nitrogens with zero attached hydrogens (tertiary/aromatic N) is 5. The maximum atomic E-state index is 12.7. The second-order valence-corrected chi connectivity index (χ2v) is 6.85. The van der Waals surface area contributed by atoms with Gasteiger partial charge in [-0.2, -0.15) is 18.3 Å². The highest BCUT2D eigenvalue weighted by molar-refractivity contribution is 7.99. The Balaban J connectivity index is 1.65. The number of nitrogens with one attached hydrogen (secondary N) is 1. The average molecular weight is 411 g/mol. The summed E-state index contributed by atoms with van der Waals surface area (Å²) < 4.78 is 40.9. The van der Waals surface area contributed by atoms with Crippen molar-refractivity contribution in [1.29, 1.82) is 0 Å². The fourth-order valence-electron chi connectivity index (χ4n) is 2.44. The number of thioether (sulfide) groups is 1. The molecule has 12 heteroatoms. The number of hydrogen-bond donors (Lipinski definition) is 2. The van der Waals surface area contributed by atoms with Crippen molar-refractivity contribution in [2.45, 2.75) is 25.2 Å². The highest BCUT2D eigenvalue weighted by Gasteiger charge is 2.30. The summed E-state index contributed by atoms with van der Waals surface area (Å²) in [5.41, 5.74) is 0.817. The molecule has 0 bridgehead atoms. The minimum absolute atomic E-state index is 0.0537. The number of halogens is 3. The number of nitrogen functional groups attached to an aromatic ring is 1. The Morgan fingerprint density at radius 3 is 2.64 bits per heavy atom. The molecule has 2 aromatic heterocycles. The van der Waals surface area contributed by atoms with E-state index >= 15 is 0 Å². The zero-order chi connectivity index (χ0) is 20.5. The van der Waals surface area contributed by atoms with Crippen molar-refractivity contribution in [3.05, 3.63) is 47.3 Å². The lowest BCUT2D eigenvalue weighted by molar-refractivity contribution is -0.137. The Hall–Kier alpha value is -3.02. The molecule has 0 radical (unpaired) electrons. The summed E-state index contributed by atoms with van der Waals surface area (Å²) in [6.45, 7) is 3.67. The van der Waals surface area contributed by atoms with Crippen LogP contribution < -0.4 is 11.2 Å². The number of rotatable bonds is 5. The van der Waals surface area contributed by atoms with E-state index in [0.717, 1.165) is 35.3 Å². The van der Waals surface area contributed by atoms with E-state index in [0.29, 0.717) is 0 Å². The third-order valence-electron chi connectivity index (χ3n) is 3.65. The second kappa shape index (κ2) is 7.54. The first kappa shape index (κ1) is 19.7. The van der Waals surface area contributed by atoms with E-state index in [1.807, 2.05) is 19.9 Å². The summed E-state index contributed by atoms with van der Waals surface area (Å²) >= 11 is 1.00. The molecule has 0 spiro atoms. The van der Waals surface area contributed by atoms with E-state index in [4.69, 9.17) is 5.84 Å². The standard InChI is InChI=1S/C16H16F3N7OS/c1-9-6-10(2)26(24-9)14-22-23-15(25(14)20)28-8-13(27)21-12-5-3-4-11(7-12)16(17,18)19/h3-7H,8,20H2,1-2H3,(H,21,27). The van der Waals surface area contributed by atoms with Gasteiger partial charge < -0.3 is 11.2 Å². The van der Waals surface area contributed by atoms with Crippen molar-refractivity contribution in [3.63, 3.8) is 0 Å². The number of carbonyl (C=O) groups excluding carboxylic acids is 1. The predicted octanol–water partition coefficient (Wildman–Crippen LogP) is 2.54. The van der Waals surface area contributed by atoms with Gasteiger partial charge in [-0.05, 0) is 38.1 Å². The molecule has 3 aromatic rings. The van der Waals surface area contributed by atoms with Gasteiger partial charge in [-0.3, -0.25) is 4.79 Å². The van der Waals surface area contributed by atoms with Crippen LogP contribution >= 0.6 is 11.8 Å². The Labute approximate surface area is 161 Å². The highest BCUT2D eigenvalue weighted by Crippen LogP contribution is 2.30. The molecule has 0 aliphatic rings. The Bertz CT molecular complexity index is 1010. The minimum Gasteiger partial charge on any atom is -0.334 e. The maximum absolute atomic E-state index is 12.7. The molecule has 0 aliphatic carbocycles. The normalized spacial score (nSPS) is 11.6. The predicted molar refractivity (Wildman–Crippen MR) is 97.6 cm³/mol. The number of anilines is 1. The van der Waals surface area contributed by atoms with E-state index in [1.165, 1.54) is 21.5 Å². The zero-order valence-electron chi connectivity index (χ0n) is 14.9. The summed E-state index contributed by atoms with van der Waals surface area (Å²) in [5, 5.41) is 14.9. The van der Waals surface area contributed by atoms with Crippen molar-refractivity contribution in [3.8, 4) is 5.95 Å². The number of aryl methyl sites for hydroxylation is 2. The molecule has 1 aromatic carbocycles. The van der Waals surface area contributed by atoms with Crippen molar-refractivity contribution in [2.24, 2.45) is 0 Å². The van der Waals surface area contributed by atoms with Gasteiger partial charge in [-0.25, -0.2) is 9.36 Å². The van der Waals surface area contributed by atoms with Gasteiger partial charge in [0.05, 0.1) is 17.0 Å².